The fraction of sp³-hybridized carbons (Fsp3) is 0.133. The van der Waals surface area contributed by atoms with Gasteiger partial charge in [0.05, 0.1) is 12.0 Å². The van der Waals surface area contributed by atoms with Gasteiger partial charge < -0.3 is 0 Å². The van der Waals surface area contributed by atoms with Gasteiger partial charge in [-0.3, -0.25) is 0 Å². The van der Waals surface area contributed by atoms with Crippen molar-refractivity contribution < 1.29 is 8.78 Å². The minimum absolute atomic E-state index is 0.310. The molecule has 1 atom stereocenters. The average molecular weight is 275 g/mol. The fourth-order valence-electron chi connectivity index (χ4n) is 1.66. The number of benzene rings is 2. The molecule has 0 radical (unpaired) electrons. The Balaban J connectivity index is 2.07. The maximum atomic E-state index is 13.5. The highest BCUT2D eigenvalue weighted by Crippen LogP contribution is 2.28. The van der Waals surface area contributed by atoms with E-state index in [1.807, 2.05) is 30.3 Å². The number of thioether (sulfide) groups is 1. The molecule has 0 saturated carbocycles. The molecule has 0 amide bonds. The van der Waals surface area contributed by atoms with Crippen LogP contribution >= 0.6 is 11.8 Å². The summed E-state index contributed by atoms with van der Waals surface area (Å²) in [6, 6.07) is 15.0. The van der Waals surface area contributed by atoms with Crippen LogP contribution in [0.3, 0.4) is 0 Å². The van der Waals surface area contributed by atoms with Gasteiger partial charge in [0.25, 0.3) is 0 Å². The molecule has 0 saturated heterocycles. The zero-order valence-electron chi connectivity index (χ0n) is 10.0. The zero-order chi connectivity index (χ0) is 13.7. The topological polar surface area (TPSA) is 23.8 Å². The third-order valence-corrected chi connectivity index (χ3v) is 3.80. The summed E-state index contributed by atoms with van der Waals surface area (Å²) in [7, 11) is 0. The van der Waals surface area contributed by atoms with Crippen LogP contribution in [0.25, 0.3) is 0 Å². The van der Waals surface area contributed by atoms with E-state index in [0.717, 1.165) is 11.6 Å². The van der Waals surface area contributed by atoms with Crippen molar-refractivity contribution >= 4 is 11.8 Å². The highest BCUT2D eigenvalue weighted by molar-refractivity contribution is 7.99. The maximum Gasteiger partial charge on any atom is 0.139 e. The van der Waals surface area contributed by atoms with Crippen LogP contribution in [0, 0.1) is 23.0 Å². The Morgan fingerprint density at radius 3 is 2.47 bits per heavy atom. The summed E-state index contributed by atoms with van der Waals surface area (Å²) in [5.74, 6) is -1.06. The second kappa shape index (κ2) is 6.35. The molecule has 0 aromatic heterocycles. The van der Waals surface area contributed by atoms with Gasteiger partial charge in [-0.25, -0.2) is 8.78 Å². The summed E-state index contributed by atoms with van der Waals surface area (Å²) in [4.78, 5) is 0.359. The lowest BCUT2D eigenvalue weighted by molar-refractivity contribution is 0.565. The van der Waals surface area contributed by atoms with E-state index in [9.17, 15) is 8.78 Å². The minimum atomic E-state index is -0.596. The number of rotatable bonds is 4. The normalized spacial score (nSPS) is 11.8. The van der Waals surface area contributed by atoms with Crippen LogP contribution in [0.4, 0.5) is 8.78 Å². The molecule has 4 heteroatoms. The van der Waals surface area contributed by atoms with Gasteiger partial charge in [0.15, 0.2) is 0 Å². The van der Waals surface area contributed by atoms with Gasteiger partial charge in [0.1, 0.15) is 11.6 Å². The quantitative estimate of drug-likeness (QED) is 0.774. The van der Waals surface area contributed by atoms with Crippen molar-refractivity contribution in [2.45, 2.75) is 10.8 Å². The first-order chi connectivity index (χ1) is 9.20. The van der Waals surface area contributed by atoms with Crippen molar-refractivity contribution in [2.75, 3.05) is 5.75 Å². The van der Waals surface area contributed by atoms with E-state index < -0.39 is 11.6 Å². The van der Waals surface area contributed by atoms with Crippen molar-refractivity contribution in [3.63, 3.8) is 0 Å². The van der Waals surface area contributed by atoms with Crippen molar-refractivity contribution in [1.29, 1.82) is 5.26 Å². The molecule has 0 bridgehead atoms. The summed E-state index contributed by atoms with van der Waals surface area (Å²) < 4.78 is 26.2. The Morgan fingerprint density at radius 1 is 1.11 bits per heavy atom. The Labute approximate surface area is 114 Å². The molecule has 0 aliphatic heterocycles. The molecular weight excluding hydrogens is 264 g/mol. The van der Waals surface area contributed by atoms with Gasteiger partial charge in [-0.1, -0.05) is 30.3 Å². The molecule has 2 aromatic carbocycles. The monoisotopic (exact) mass is 275 g/mol. The molecular formula is C15H11F2NS. The predicted octanol–water partition coefficient (Wildman–Crippen LogP) is 4.36. The van der Waals surface area contributed by atoms with Crippen LogP contribution in [0.2, 0.25) is 0 Å². The summed E-state index contributed by atoms with van der Waals surface area (Å²) in [5, 5.41) is 9.15. The molecule has 0 N–H and O–H groups in total. The van der Waals surface area contributed by atoms with E-state index in [4.69, 9.17) is 5.26 Å². The Kier molecular flexibility index (Phi) is 4.53. The van der Waals surface area contributed by atoms with E-state index >= 15 is 0 Å². The zero-order valence-corrected chi connectivity index (χ0v) is 10.8. The smallest absolute Gasteiger partial charge is 0.139 e. The predicted molar refractivity (Wildman–Crippen MR) is 71.9 cm³/mol. The number of hydrogen-bond donors (Lipinski definition) is 0. The molecule has 0 fully saturated rings. The van der Waals surface area contributed by atoms with Crippen molar-refractivity contribution in [2.24, 2.45) is 0 Å². The number of nitriles is 1. The first-order valence-electron chi connectivity index (χ1n) is 5.73. The van der Waals surface area contributed by atoms with Crippen molar-refractivity contribution in [3.8, 4) is 6.07 Å². The Morgan fingerprint density at radius 2 is 1.84 bits per heavy atom. The Hall–Kier alpha value is -1.86. The van der Waals surface area contributed by atoms with Gasteiger partial charge >= 0.3 is 0 Å². The van der Waals surface area contributed by atoms with Crippen LogP contribution < -0.4 is 0 Å². The van der Waals surface area contributed by atoms with Gasteiger partial charge in [0, 0.05) is 16.7 Å². The standard InChI is InChI=1S/C15H11F2NS/c16-13-6-7-15(14(17)8-13)19-10-12(9-18)11-4-2-1-3-5-11/h1-8,12H,10H2. The van der Waals surface area contributed by atoms with Gasteiger partial charge in [-0.05, 0) is 17.7 Å². The molecule has 19 heavy (non-hydrogen) atoms. The third-order valence-electron chi connectivity index (χ3n) is 2.66. The number of hydrogen-bond acceptors (Lipinski definition) is 2. The first kappa shape index (κ1) is 13.6. The number of nitrogens with zero attached hydrogens (tertiary/aromatic N) is 1. The summed E-state index contributed by atoms with van der Waals surface area (Å²) in [6.07, 6.45) is 0. The lowest BCUT2D eigenvalue weighted by atomic mass is 10.0. The second-order valence-corrected chi connectivity index (χ2v) is 5.04. The first-order valence-corrected chi connectivity index (χ1v) is 6.71. The van der Waals surface area contributed by atoms with E-state index in [2.05, 4.69) is 6.07 Å². The molecule has 96 valence electrons. The van der Waals surface area contributed by atoms with E-state index in [-0.39, 0.29) is 5.92 Å². The summed E-state index contributed by atoms with van der Waals surface area (Å²) >= 11 is 1.22. The molecule has 0 spiro atoms. The SMILES string of the molecule is N#CC(CSc1ccc(F)cc1F)c1ccccc1. The van der Waals surface area contributed by atoms with Gasteiger partial charge in [0.2, 0.25) is 0 Å². The minimum Gasteiger partial charge on any atom is -0.207 e. The average Bonchev–Trinajstić information content (AvgIpc) is 2.43. The third kappa shape index (κ3) is 3.55. The largest absolute Gasteiger partial charge is 0.207 e. The van der Waals surface area contributed by atoms with Crippen LogP contribution in [0.1, 0.15) is 11.5 Å². The highest BCUT2D eigenvalue weighted by Gasteiger charge is 2.12. The lowest BCUT2D eigenvalue weighted by Gasteiger charge is -2.09. The molecule has 2 rings (SSSR count). The van der Waals surface area contributed by atoms with E-state index in [1.54, 1.807) is 0 Å². The molecule has 1 nitrogen and oxygen atoms in total. The highest BCUT2D eigenvalue weighted by atomic mass is 32.2. The fourth-order valence-corrected chi connectivity index (χ4v) is 2.63. The lowest BCUT2D eigenvalue weighted by Crippen LogP contribution is -1.99. The van der Waals surface area contributed by atoms with Crippen LogP contribution in [-0.2, 0) is 0 Å². The van der Waals surface area contributed by atoms with Gasteiger partial charge in [-0.15, -0.1) is 11.8 Å². The second-order valence-electron chi connectivity index (χ2n) is 3.98. The number of halogens is 2. The molecule has 0 aliphatic rings. The summed E-state index contributed by atoms with van der Waals surface area (Å²) in [5.41, 5.74) is 0.903. The van der Waals surface area contributed by atoms with Crippen molar-refractivity contribution in [1.82, 2.24) is 0 Å². The molecule has 2 aromatic rings. The summed E-state index contributed by atoms with van der Waals surface area (Å²) in [6.45, 7) is 0. The van der Waals surface area contributed by atoms with E-state index in [0.29, 0.717) is 10.6 Å². The maximum absolute atomic E-state index is 13.5. The molecule has 1 unspecified atom stereocenters. The molecule has 0 aliphatic carbocycles. The van der Waals surface area contributed by atoms with Crippen LogP contribution in [0.5, 0.6) is 0 Å². The Bertz CT molecular complexity index is 593. The van der Waals surface area contributed by atoms with Gasteiger partial charge in [-0.2, -0.15) is 5.26 Å². The van der Waals surface area contributed by atoms with Crippen LogP contribution in [-0.4, -0.2) is 5.75 Å². The molecule has 0 heterocycles. The van der Waals surface area contributed by atoms with Crippen LogP contribution in [0.15, 0.2) is 53.4 Å². The van der Waals surface area contributed by atoms with E-state index in [1.165, 1.54) is 23.9 Å². The van der Waals surface area contributed by atoms with Crippen molar-refractivity contribution in [3.05, 3.63) is 65.7 Å².